The van der Waals surface area contributed by atoms with Crippen molar-refractivity contribution in [1.29, 1.82) is 0 Å². The highest BCUT2D eigenvalue weighted by Crippen LogP contribution is 2.28. The second-order valence-corrected chi connectivity index (χ2v) is 5.83. The smallest absolute Gasteiger partial charge is 0.150 e. The number of likely N-dealkylation sites (N-methyl/N-ethyl adjacent to an activating group) is 1. The summed E-state index contributed by atoms with van der Waals surface area (Å²) in [6, 6.07) is 0.334. The van der Waals surface area contributed by atoms with Crippen molar-refractivity contribution in [3.8, 4) is 0 Å². The van der Waals surface area contributed by atoms with E-state index in [9.17, 15) is 0 Å². The first kappa shape index (κ1) is 14.2. The van der Waals surface area contributed by atoms with Crippen molar-refractivity contribution in [2.45, 2.75) is 39.7 Å². The predicted octanol–water partition coefficient (Wildman–Crippen LogP) is 1.89. The largest absolute Gasteiger partial charge is 0.394 e. The van der Waals surface area contributed by atoms with Crippen LogP contribution in [0, 0.1) is 6.92 Å². The molecule has 1 fully saturated rings. The van der Waals surface area contributed by atoms with Gasteiger partial charge in [0.05, 0.1) is 11.4 Å². The first-order valence-corrected chi connectivity index (χ1v) is 7.28. The van der Waals surface area contributed by atoms with E-state index in [1.54, 1.807) is 0 Å². The fourth-order valence-electron chi connectivity index (χ4n) is 2.69. The van der Waals surface area contributed by atoms with Crippen LogP contribution in [0.15, 0.2) is 0 Å². The SMILES string of the molecule is Cc1nn(C(C)C)c(N(C)CCN2CCCC2)c1N. The molecule has 19 heavy (non-hydrogen) atoms. The third-order valence-electron chi connectivity index (χ3n) is 3.91. The van der Waals surface area contributed by atoms with E-state index in [4.69, 9.17) is 5.73 Å². The van der Waals surface area contributed by atoms with E-state index in [1.807, 2.05) is 11.6 Å². The first-order chi connectivity index (χ1) is 9.00. The highest BCUT2D eigenvalue weighted by molar-refractivity contribution is 5.66. The Morgan fingerprint density at radius 2 is 1.95 bits per heavy atom. The van der Waals surface area contributed by atoms with Gasteiger partial charge in [0.25, 0.3) is 0 Å². The molecule has 1 aliphatic rings. The van der Waals surface area contributed by atoms with Crippen molar-refractivity contribution in [3.05, 3.63) is 5.69 Å². The summed E-state index contributed by atoms with van der Waals surface area (Å²) in [4.78, 5) is 4.77. The summed E-state index contributed by atoms with van der Waals surface area (Å²) in [5.74, 6) is 1.06. The zero-order valence-electron chi connectivity index (χ0n) is 12.7. The Balaban J connectivity index is 2.06. The molecule has 2 heterocycles. The van der Waals surface area contributed by atoms with Gasteiger partial charge in [0.2, 0.25) is 0 Å². The Kier molecular flexibility index (Phi) is 4.34. The molecule has 1 aliphatic heterocycles. The summed E-state index contributed by atoms with van der Waals surface area (Å²) >= 11 is 0. The van der Waals surface area contributed by atoms with Crippen molar-refractivity contribution in [3.63, 3.8) is 0 Å². The standard InChI is InChI=1S/C14H27N5/c1-11(2)19-14(13(15)12(3)16-19)17(4)9-10-18-7-5-6-8-18/h11H,5-10,15H2,1-4H3. The van der Waals surface area contributed by atoms with E-state index in [-0.39, 0.29) is 0 Å². The Bertz CT molecular complexity index is 418. The quantitative estimate of drug-likeness (QED) is 0.883. The minimum atomic E-state index is 0.334. The lowest BCUT2D eigenvalue weighted by Gasteiger charge is -2.25. The van der Waals surface area contributed by atoms with E-state index < -0.39 is 0 Å². The maximum Gasteiger partial charge on any atom is 0.150 e. The van der Waals surface area contributed by atoms with E-state index >= 15 is 0 Å². The number of hydrogen-bond donors (Lipinski definition) is 1. The molecular formula is C14H27N5. The van der Waals surface area contributed by atoms with E-state index in [0.29, 0.717) is 6.04 Å². The molecule has 2 rings (SSSR count). The van der Waals surface area contributed by atoms with Gasteiger partial charge in [0, 0.05) is 26.2 Å². The van der Waals surface area contributed by atoms with Gasteiger partial charge in [0.1, 0.15) is 0 Å². The molecule has 5 heteroatoms. The van der Waals surface area contributed by atoms with E-state index in [2.05, 4.69) is 35.8 Å². The molecule has 0 amide bonds. The second kappa shape index (κ2) is 5.82. The monoisotopic (exact) mass is 265 g/mol. The highest BCUT2D eigenvalue weighted by atomic mass is 15.4. The van der Waals surface area contributed by atoms with Crippen molar-refractivity contribution >= 4 is 11.5 Å². The second-order valence-electron chi connectivity index (χ2n) is 5.83. The molecule has 0 saturated carbocycles. The summed E-state index contributed by atoms with van der Waals surface area (Å²) in [6.07, 6.45) is 2.68. The maximum atomic E-state index is 6.19. The molecule has 0 bridgehead atoms. The number of nitrogens with two attached hydrogens (primary N) is 1. The lowest BCUT2D eigenvalue weighted by Crippen LogP contribution is -2.33. The van der Waals surface area contributed by atoms with Gasteiger partial charge in [-0.15, -0.1) is 0 Å². The van der Waals surface area contributed by atoms with Crippen LogP contribution < -0.4 is 10.6 Å². The van der Waals surface area contributed by atoms with Crippen LogP contribution in [-0.4, -0.2) is 47.9 Å². The van der Waals surface area contributed by atoms with Gasteiger partial charge >= 0.3 is 0 Å². The van der Waals surface area contributed by atoms with Gasteiger partial charge in [-0.2, -0.15) is 5.10 Å². The Labute approximate surface area is 116 Å². The summed E-state index contributed by atoms with van der Waals surface area (Å²) in [5.41, 5.74) is 7.93. The minimum absolute atomic E-state index is 0.334. The maximum absolute atomic E-state index is 6.19. The fourth-order valence-corrected chi connectivity index (χ4v) is 2.69. The molecule has 0 aliphatic carbocycles. The third kappa shape index (κ3) is 3.03. The summed E-state index contributed by atoms with van der Waals surface area (Å²) in [7, 11) is 2.11. The molecule has 0 unspecified atom stereocenters. The predicted molar refractivity (Wildman–Crippen MR) is 80.7 cm³/mol. The molecule has 0 spiro atoms. The number of aryl methyl sites for hydroxylation is 1. The van der Waals surface area contributed by atoms with Gasteiger partial charge in [-0.25, -0.2) is 4.68 Å². The summed E-state index contributed by atoms with van der Waals surface area (Å²) in [5, 5.41) is 4.55. The van der Waals surface area contributed by atoms with Crippen LogP contribution in [0.5, 0.6) is 0 Å². The number of aromatic nitrogens is 2. The highest BCUT2D eigenvalue weighted by Gasteiger charge is 2.19. The van der Waals surface area contributed by atoms with Gasteiger partial charge in [-0.3, -0.25) is 0 Å². The van der Waals surface area contributed by atoms with Gasteiger partial charge in [-0.1, -0.05) is 0 Å². The van der Waals surface area contributed by atoms with Crippen LogP contribution in [0.1, 0.15) is 38.4 Å². The number of nitrogens with zero attached hydrogens (tertiary/aromatic N) is 4. The Morgan fingerprint density at radius 1 is 1.32 bits per heavy atom. The average Bonchev–Trinajstić information content (AvgIpc) is 2.96. The topological polar surface area (TPSA) is 50.3 Å². The first-order valence-electron chi connectivity index (χ1n) is 7.28. The zero-order valence-corrected chi connectivity index (χ0v) is 12.7. The number of hydrogen-bond acceptors (Lipinski definition) is 4. The molecular weight excluding hydrogens is 238 g/mol. The fraction of sp³-hybridized carbons (Fsp3) is 0.786. The van der Waals surface area contributed by atoms with E-state index in [0.717, 1.165) is 30.3 Å². The molecule has 1 saturated heterocycles. The lowest BCUT2D eigenvalue weighted by atomic mass is 10.3. The minimum Gasteiger partial charge on any atom is -0.394 e. The number of likely N-dealkylation sites (tertiary alicyclic amines) is 1. The Morgan fingerprint density at radius 3 is 2.53 bits per heavy atom. The average molecular weight is 265 g/mol. The lowest BCUT2D eigenvalue weighted by molar-refractivity contribution is 0.345. The van der Waals surface area contributed by atoms with Crippen molar-refractivity contribution in [2.24, 2.45) is 0 Å². The van der Waals surface area contributed by atoms with Gasteiger partial charge in [0.15, 0.2) is 5.82 Å². The molecule has 108 valence electrons. The number of anilines is 2. The summed E-state index contributed by atoms with van der Waals surface area (Å²) < 4.78 is 2.04. The third-order valence-corrected chi connectivity index (χ3v) is 3.91. The number of nitrogen functional groups attached to an aromatic ring is 1. The molecule has 0 radical (unpaired) electrons. The normalized spacial score (nSPS) is 16.5. The van der Waals surface area contributed by atoms with Gasteiger partial charge in [-0.05, 0) is 46.7 Å². The molecule has 0 aromatic carbocycles. The van der Waals surface area contributed by atoms with Crippen molar-refractivity contribution in [1.82, 2.24) is 14.7 Å². The van der Waals surface area contributed by atoms with Crippen LogP contribution in [0.4, 0.5) is 11.5 Å². The van der Waals surface area contributed by atoms with Crippen LogP contribution in [0.3, 0.4) is 0 Å². The van der Waals surface area contributed by atoms with Crippen LogP contribution >= 0.6 is 0 Å². The molecule has 5 nitrogen and oxygen atoms in total. The Hall–Kier alpha value is -1.23. The van der Waals surface area contributed by atoms with Crippen molar-refractivity contribution in [2.75, 3.05) is 43.9 Å². The summed E-state index contributed by atoms with van der Waals surface area (Å²) in [6.45, 7) is 10.9. The van der Waals surface area contributed by atoms with Gasteiger partial charge < -0.3 is 15.5 Å². The molecule has 1 aromatic rings. The molecule has 0 atom stereocenters. The van der Waals surface area contributed by atoms with Crippen molar-refractivity contribution < 1.29 is 0 Å². The molecule has 1 aromatic heterocycles. The van der Waals surface area contributed by atoms with Crippen LogP contribution in [0.25, 0.3) is 0 Å². The number of rotatable bonds is 5. The van der Waals surface area contributed by atoms with E-state index in [1.165, 1.54) is 25.9 Å². The van der Waals surface area contributed by atoms with Crippen LogP contribution in [0.2, 0.25) is 0 Å². The van der Waals surface area contributed by atoms with Crippen LogP contribution in [-0.2, 0) is 0 Å². The molecule has 2 N–H and O–H groups in total. The zero-order chi connectivity index (χ0) is 14.0.